The van der Waals surface area contributed by atoms with E-state index in [4.69, 9.17) is 19.7 Å². The first-order valence-electron chi connectivity index (χ1n) is 12.6. The summed E-state index contributed by atoms with van der Waals surface area (Å²) in [5, 5.41) is 15.2. The van der Waals surface area contributed by atoms with Gasteiger partial charge in [-0.15, -0.1) is 0 Å². The number of carbonyl (C=O) groups is 2. The van der Waals surface area contributed by atoms with Crippen LogP contribution >= 0.6 is 0 Å². The number of anilines is 1. The number of rotatable bonds is 6. The largest absolute Gasteiger partial charge is 0.497 e. The Kier molecular flexibility index (Phi) is 6.00. The van der Waals surface area contributed by atoms with E-state index in [0.717, 1.165) is 41.1 Å². The van der Waals surface area contributed by atoms with Crippen molar-refractivity contribution in [2.24, 2.45) is 0 Å². The summed E-state index contributed by atoms with van der Waals surface area (Å²) in [6.07, 6.45) is 1.05. The van der Waals surface area contributed by atoms with Crippen LogP contribution in [0.2, 0.25) is 0 Å². The quantitative estimate of drug-likeness (QED) is 0.399. The number of carboxylic acids is 1. The molecule has 194 valence electrons. The first kappa shape index (κ1) is 24.0. The number of para-hydroxylation sites is 1. The Morgan fingerprint density at radius 2 is 1.76 bits per heavy atom. The zero-order valence-electron chi connectivity index (χ0n) is 21.0. The van der Waals surface area contributed by atoms with Gasteiger partial charge in [0.1, 0.15) is 11.4 Å². The average Bonchev–Trinajstić information content (AvgIpc) is 3.47. The van der Waals surface area contributed by atoms with Gasteiger partial charge in [0.05, 0.1) is 36.1 Å². The summed E-state index contributed by atoms with van der Waals surface area (Å²) in [7, 11) is 1.66. The van der Waals surface area contributed by atoms with Crippen LogP contribution in [0.25, 0.3) is 16.6 Å². The van der Waals surface area contributed by atoms with E-state index in [1.165, 1.54) is 12.1 Å². The molecule has 0 atom stereocenters. The van der Waals surface area contributed by atoms with Crippen molar-refractivity contribution in [2.75, 3.05) is 31.6 Å². The molecule has 9 heteroatoms. The lowest BCUT2D eigenvalue weighted by atomic mass is 9.91. The number of benzene rings is 3. The van der Waals surface area contributed by atoms with Crippen LogP contribution in [0, 0.1) is 0 Å². The van der Waals surface area contributed by atoms with Gasteiger partial charge in [-0.2, -0.15) is 5.10 Å². The van der Waals surface area contributed by atoms with Crippen molar-refractivity contribution < 1.29 is 24.2 Å². The summed E-state index contributed by atoms with van der Waals surface area (Å²) >= 11 is 0. The van der Waals surface area contributed by atoms with Gasteiger partial charge >= 0.3 is 12.1 Å². The Labute approximate surface area is 219 Å². The molecule has 3 aromatic carbocycles. The molecule has 0 radical (unpaired) electrons. The molecule has 1 amide bonds. The van der Waals surface area contributed by atoms with Gasteiger partial charge < -0.3 is 14.6 Å². The Morgan fingerprint density at radius 3 is 2.45 bits per heavy atom. The Hall–Kier alpha value is -4.37. The lowest BCUT2D eigenvalue weighted by Gasteiger charge is -2.37. The number of aromatic nitrogens is 2. The van der Waals surface area contributed by atoms with Gasteiger partial charge in [0.2, 0.25) is 0 Å². The molecule has 4 aromatic rings. The van der Waals surface area contributed by atoms with Crippen LogP contribution in [0.1, 0.15) is 28.9 Å². The normalized spacial score (nSPS) is 17.2. The van der Waals surface area contributed by atoms with Crippen molar-refractivity contribution in [3.8, 4) is 11.4 Å². The summed E-state index contributed by atoms with van der Waals surface area (Å²) in [4.78, 5) is 27.8. The van der Waals surface area contributed by atoms with Crippen LogP contribution in [-0.2, 0) is 11.3 Å². The smallest absolute Gasteiger partial charge is 0.415 e. The zero-order chi connectivity index (χ0) is 26.3. The van der Waals surface area contributed by atoms with Gasteiger partial charge in [0.15, 0.2) is 0 Å². The van der Waals surface area contributed by atoms with Gasteiger partial charge in [0, 0.05) is 49.6 Å². The van der Waals surface area contributed by atoms with Gasteiger partial charge in [-0.1, -0.05) is 18.2 Å². The fourth-order valence-corrected chi connectivity index (χ4v) is 5.37. The number of carboxylic acid groups (broad SMARTS) is 1. The van der Waals surface area contributed by atoms with E-state index in [0.29, 0.717) is 31.6 Å². The lowest BCUT2D eigenvalue weighted by molar-refractivity contribution is -0.00117. The van der Waals surface area contributed by atoms with Crippen LogP contribution in [-0.4, -0.2) is 64.2 Å². The number of piperidine rings is 1. The second-order valence-corrected chi connectivity index (χ2v) is 9.84. The molecular weight excluding hydrogens is 484 g/mol. The number of nitrogens with zero attached hydrogens (tertiary/aromatic N) is 4. The van der Waals surface area contributed by atoms with E-state index in [-0.39, 0.29) is 11.7 Å². The predicted molar refractivity (Wildman–Crippen MR) is 142 cm³/mol. The standard InChI is InChI=1S/C29H28N4O5/c1-37-23-11-12-24-25(30-33(26(24)17-23)22-5-3-2-4-6-22)18-31-15-13-29(14-16-31)19-32(28(36)38-29)21-9-7-20(8-10-21)27(34)35/h2-12,17H,13-16,18-19H2,1H3,(H,34,35). The topological polar surface area (TPSA) is 97.1 Å². The first-order chi connectivity index (χ1) is 18.4. The molecule has 9 nitrogen and oxygen atoms in total. The highest BCUT2D eigenvalue weighted by Crippen LogP contribution is 2.36. The molecule has 2 aliphatic rings. The number of likely N-dealkylation sites (tertiary alicyclic amines) is 1. The van der Waals surface area contributed by atoms with Crippen LogP contribution in [0.15, 0.2) is 72.8 Å². The molecule has 0 aliphatic carbocycles. The monoisotopic (exact) mass is 512 g/mol. The molecule has 2 aliphatic heterocycles. The maximum absolute atomic E-state index is 12.7. The predicted octanol–water partition coefficient (Wildman–Crippen LogP) is 4.72. The molecule has 1 N–H and O–H groups in total. The third-order valence-electron chi connectivity index (χ3n) is 7.50. The van der Waals surface area contributed by atoms with Crippen molar-refractivity contribution >= 4 is 28.7 Å². The average molecular weight is 513 g/mol. The third-order valence-corrected chi connectivity index (χ3v) is 7.50. The molecule has 0 saturated carbocycles. The van der Waals surface area contributed by atoms with E-state index in [1.54, 1.807) is 24.1 Å². The number of hydrogen-bond donors (Lipinski definition) is 1. The number of amides is 1. The summed E-state index contributed by atoms with van der Waals surface area (Å²) in [6.45, 7) is 2.69. The number of aromatic carboxylic acids is 1. The minimum atomic E-state index is -0.995. The minimum absolute atomic E-state index is 0.185. The van der Waals surface area contributed by atoms with Crippen LogP contribution in [0.3, 0.4) is 0 Å². The molecule has 1 spiro atoms. The zero-order valence-corrected chi connectivity index (χ0v) is 21.0. The molecule has 0 bridgehead atoms. The summed E-state index contributed by atoms with van der Waals surface area (Å²) in [5.41, 5.74) is 3.26. The van der Waals surface area contributed by atoms with Crippen LogP contribution in [0.5, 0.6) is 5.75 Å². The highest BCUT2D eigenvalue weighted by Gasteiger charge is 2.47. The summed E-state index contributed by atoms with van der Waals surface area (Å²) in [6, 6.07) is 22.4. The number of fused-ring (bicyclic) bond motifs is 1. The highest BCUT2D eigenvalue weighted by molar-refractivity contribution is 5.92. The molecule has 0 unspecified atom stereocenters. The van der Waals surface area contributed by atoms with Crippen molar-refractivity contribution in [1.29, 1.82) is 0 Å². The van der Waals surface area contributed by atoms with Gasteiger partial charge in [0.25, 0.3) is 0 Å². The second-order valence-electron chi connectivity index (χ2n) is 9.84. The van der Waals surface area contributed by atoms with E-state index < -0.39 is 11.6 Å². The third kappa shape index (κ3) is 4.35. The van der Waals surface area contributed by atoms with Crippen LogP contribution < -0.4 is 9.64 Å². The van der Waals surface area contributed by atoms with E-state index in [1.807, 2.05) is 47.1 Å². The summed E-state index contributed by atoms with van der Waals surface area (Å²) < 4.78 is 13.3. The fourth-order valence-electron chi connectivity index (χ4n) is 5.37. The maximum Gasteiger partial charge on any atom is 0.415 e. The minimum Gasteiger partial charge on any atom is -0.497 e. The van der Waals surface area contributed by atoms with Crippen molar-refractivity contribution in [3.05, 3.63) is 84.1 Å². The van der Waals surface area contributed by atoms with Gasteiger partial charge in [-0.05, 0) is 48.5 Å². The van der Waals surface area contributed by atoms with Gasteiger partial charge in [-0.3, -0.25) is 9.80 Å². The first-order valence-corrected chi connectivity index (χ1v) is 12.6. The number of hydrogen-bond acceptors (Lipinski definition) is 6. The second kappa shape index (κ2) is 9.50. The Morgan fingerprint density at radius 1 is 1.03 bits per heavy atom. The molecule has 1 aromatic heterocycles. The van der Waals surface area contributed by atoms with Crippen LogP contribution in [0.4, 0.5) is 10.5 Å². The number of ether oxygens (including phenoxy) is 2. The lowest BCUT2D eigenvalue weighted by Crippen LogP contribution is -2.46. The molecular formula is C29H28N4O5. The molecule has 2 saturated heterocycles. The van der Waals surface area contributed by atoms with E-state index in [9.17, 15) is 9.59 Å². The maximum atomic E-state index is 12.7. The highest BCUT2D eigenvalue weighted by atomic mass is 16.6. The Bertz CT molecular complexity index is 1490. The SMILES string of the molecule is COc1ccc2c(CN3CCC4(CC3)CN(c3ccc(C(=O)O)cc3)C(=O)O4)nn(-c3ccccc3)c2c1. The van der Waals surface area contributed by atoms with E-state index in [2.05, 4.69) is 11.0 Å². The Balaban J connectivity index is 1.18. The van der Waals surface area contributed by atoms with Crippen molar-refractivity contribution in [2.45, 2.75) is 25.0 Å². The van der Waals surface area contributed by atoms with Crippen molar-refractivity contribution in [3.63, 3.8) is 0 Å². The summed E-state index contributed by atoms with van der Waals surface area (Å²) in [5.74, 6) is -0.212. The fraction of sp³-hybridized carbons (Fsp3) is 0.276. The number of methoxy groups -OCH3 is 1. The van der Waals surface area contributed by atoms with E-state index >= 15 is 0 Å². The molecule has 6 rings (SSSR count). The molecule has 38 heavy (non-hydrogen) atoms. The number of carbonyl (C=O) groups excluding carboxylic acids is 1. The molecule has 2 fully saturated rings. The van der Waals surface area contributed by atoms with Crippen molar-refractivity contribution in [1.82, 2.24) is 14.7 Å². The molecule has 3 heterocycles. The van der Waals surface area contributed by atoms with Gasteiger partial charge in [-0.25, -0.2) is 14.3 Å².